The number of nitrogens with zero attached hydrogens (tertiary/aromatic N) is 3. The van der Waals surface area contributed by atoms with Crippen molar-refractivity contribution in [2.75, 3.05) is 32.4 Å². The maximum atomic E-state index is 11.4. The van der Waals surface area contributed by atoms with Crippen molar-refractivity contribution in [3.63, 3.8) is 0 Å². The average Bonchev–Trinajstić information content (AvgIpc) is 2.63. The van der Waals surface area contributed by atoms with Crippen LogP contribution < -0.4 is 0 Å². The van der Waals surface area contributed by atoms with E-state index in [9.17, 15) is 8.42 Å². The highest BCUT2D eigenvalue weighted by atomic mass is 32.2. The molecule has 1 aromatic rings. The van der Waals surface area contributed by atoms with Crippen molar-refractivity contribution >= 4 is 21.4 Å². The number of aromatic nitrogens is 1. The highest BCUT2D eigenvalue weighted by molar-refractivity contribution is 7.88. The number of hydrogen-bond acceptors (Lipinski definition) is 5. The zero-order chi connectivity index (χ0) is 12.5. The van der Waals surface area contributed by atoms with Gasteiger partial charge in [-0.3, -0.25) is 4.90 Å². The van der Waals surface area contributed by atoms with E-state index >= 15 is 0 Å². The van der Waals surface area contributed by atoms with Crippen molar-refractivity contribution in [1.82, 2.24) is 14.2 Å². The predicted octanol–water partition coefficient (Wildman–Crippen LogP) is 0.529. The van der Waals surface area contributed by atoms with Crippen LogP contribution in [-0.2, 0) is 16.6 Å². The predicted molar refractivity (Wildman–Crippen MR) is 68.5 cm³/mol. The molecule has 1 aliphatic heterocycles. The minimum absolute atomic E-state index is 0.586. The Morgan fingerprint density at radius 2 is 2.00 bits per heavy atom. The van der Waals surface area contributed by atoms with Gasteiger partial charge in [0.15, 0.2) is 0 Å². The Morgan fingerprint density at radius 3 is 2.47 bits per heavy atom. The Morgan fingerprint density at radius 1 is 1.35 bits per heavy atom. The first kappa shape index (κ1) is 12.9. The third-order valence-electron chi connectivity index (χ3n) is 2.83. The van der Waals surface area contributed by atoms with Gasteiger partial charge in [-0.15, -0.1) is 11.3 Å². The molecule has 1 fully saturated rings. The topological polar surface area (TPSA) is 53.5 Å². The zero-order valence-electron chi connectivity index (χ0n) is 10.1. The van der Waals surface area contributed by atoms with E-state index in [1.807, 2.05) is 12.3 Å². The summed E-state index contributed by atoms with van der Waals surface area (Å²) in [6, 6.07) is 0. The summed E-state index contributed by atoms with van der Waals surface area (Å²) in [5.74, 6) is 0. The smallest absolute Gasteiger partial charge is 0.211 e. The summed E-state index contributed by atoms with van der Waals surface area (Å²) in [6.07, 6.45) is 1.27. The van der Waals surface area contributed by atoms with E-state index < -0.39 is 10.0 Å². The van der Waals surface area contributed by atoms with Gasteiger partial charge in [-0.2, -0.15) is 4.31 Å². The molecule has 2 rings (SSSR count). The first-order chi connectivity index (χ1) is 7.95. The van der Waals surface area contributed by atoms with Crippen LogP contribution in [0.2, 0.25) is 0 Å². The lowest BCUT2D eigenvalue weighted by Gasteiger charge is -2.32. The molecule has 0 saturated carbocycles. The molecule has 0 amide bonds. The maximum absolute atomic E-state index is 11.4. The molecule has 5 nitrogen and oxygen atoms in total. The van der Waals surface area contributed by atoms with E-state index in [2.05, 4.69) is 9.88 Å². The molecule has 17 heavy (non-hydrogen) atoms. The van der Waals surface area contributed by atoms with Gasteiger partial charge in [0, 0.05) is 37.3 Å². The van der Waals surface area contributed by atoms with Gasteiger partial charge in [0.05, 0.1) is 12.8 Å². The maximum Gasteiger partial charge on any atom is 0.211 e. The fourth-order valence-electron chi connectivity index (χ4n) is 1.89. The number of hydrogen-bond donors (Lipinski definition) is 0. The van der Waals surface area contributed by atoms with E-state index in [0.29, 0.717) is 13.1 Å². The molecule has 1 aliphatic rings. The number of sulfonamides is 1. The molecule has 0 bridgehead atoms. The Labute approximate surface area is 106 Å². The molecule has 1 aromatic heterocycles. The van der Waals surface area contributed by atoms with Crippen LogP contribution in [0, 0.1) is 6.92 Å². The summed E-state index contributed by atoms with van der Waals surface area (Å²) in [5, 5.41) is 3.15. The van der Waals surface area contributed by atoms with Crippen LogP contribution >= 0.6 is 11.3 Å². The lowest BCUT2D eigenvalue weighted by atomic mass is 10.3. The van der Waals surface area contributed by atoms with Gasteiger partial charge in [-0.25, -0.2) is 13.4 Å². The molecule has 0 radical (unpaired) electrons. The van der Waals surface area contributed by atoms with Crippen molar-refractivity contribution in [3.05, 3.63) is 16.1 Å². The SMILES string of the molecule is Cc1csc(CN2CCN(S(C)(=O)=O)CC2)n1. The van der Waals surface area contributed by atoms with Gasteiger partial charge in [0.1, 0.15) is 5.01 Å². The van der Waals surface area contributed by atoms with E-state index in [-0.39, 0.29) is 0 Å². The van der Waals surface area contributed by atoms with Crippen molar-refractivity contribution in [1.29, 1.82) is 0 Å². The van der Waals surface area contributed by atoms with Crippen LogP contribution in [0.3, 0.4) is 0 Å². The highest BCUT2D eigenvalue weighted by Gasteiger charge is 2.23. The van der Waals surface area contributed by atoms with Crippen molar-refractivity contribution in [2.24, 2.45) is 0 Å². The van der Waals surface area contributed by atoms with Crippen LogP contribution in [0.5, 0.6) is 0 Å². The molecule has 96 valence electrons. The first-order valence-electron chi connectivity index (χ1n) is 5.53. The Kier molecular flexibility index (Phi) is 3.82. The van der Waals surface area contributed by atoms with Gasteiger partial charge < -0.3 is 0 Å². The summed E-state index contributed by atoms with van der Waals surface area (Å²) >= 11 is 1.66. The van der Waals surface area contributed by atoms with Crippen molar-refractivity contribution < 1.29 is 8.42 Å². The molecule has 0 spiro atoms. The van der Waals surface area contributed by atoms with E-state index in [0.717, 1.165) is 30.3 Å². The third kappa shape index (κ3) is 3.48. The quantitative estimate of drug-likeness (QED) is 0.807. The van der Waals surface area contributed by atoms with Gasteiger partial charge >= 0.3 is 0 Å². The van der Waals surface area contributed by atoms with E-state index in [1.165, 1.54) is 10.6 Å². The van der Waals surface area contributed by atoms with Crippen molar-refractivity contribution in [3.8, 4) is 0 Å². The fraction of sp³-hybridized carbons (Fsp3) is 0.700. The Balaban J connectivity index is 1.87. The molecule has 0 unspecified atom stereocenters. The molecular formula is C10H17N3O2S2. The number of thiazole rings is 1. The van der Waals surface area contributed by atoms with E-state index in [1.54, 1.807) is 11.3 Å². The number of rotatable bonds is 3. The van der Waals surface area contributed by atoms with Gasteiger partial charge in [-0.05, 0) is 6.92 Å². The van der Waals surface area contributed by atoms with Gasteiger partial charge in [0.25, 0.3) is 0 Å². The van der Waals surface area contributed by atoms with Crippen LogP contribution in [0.25, 0.3) is 0 Å². The molecule has 0 aromatic carbocycles. The normalized spacial score (nSPS) is 19.6. The monoisotopic (exact) mass is 275 g/mol. The van der Waals surface area contributed by atoms with Crippen molar-refractivity contribution in [2.45, 2.75) is 13.5 Å². The lowest BCUT2D eigenvalue weighted by molar-refractivity contribution is 0.182. The minimum Gasteiger partial charge on any atom is -0.294 e. The molecule has 0 N–H and O–H groups in total. The number of aryl methyl sites for hydroxylation is 1. The Bertz CT molecular complexity index is 475. The molecular weight excluding hydrogens is 258 g/mol. The second-order valence-electron chi connectivity index (χ2n) is 4.32. The van der Waals surface area contributed by atoms with Gasteiger partial charge in [-0.1, -0.05) is 0 Å². The first-order valence-corrected chi connectivity index (χ1v) is 8.26. The molecule has 0 atom stereocenters. The van der Waals surface area contributed by atoms with Crippen LogP contribution in [0.4, 0.5) is 0 Å². The summed E-state index contributed by atoms with van der Waals surface area (Å²) < 4.78 is 24.2. The minimum atomic E-state index is -3.02. The summed E-state index contributed by atoms with van der Waals surface area (Å²) in [5.41, 5.74) is 1.06. The second kappa shape index (κ2) is 5.01. The average molecular weight is 275 g/mol. The molecule has 7 heteroatoms. The standard InChI is InChI=1S/C10H17N3O2S2/c1-9-8-16-10(11-9)7-12-3-5-13(6-4-12)17(2,14)15/h8H,3-7H2,1-2H3. The largest absolute Gasteiger partial charge is 0.294 e. The van der Waals surface area contributed by atoms with E-state index in [4.69, 9.17) is 0 Å². The van der Waals surface area contributed by atoms with Crippen LogP contribution in [0.15, 0.2) is 5.38 Å². The summed E-state index contributed by atoms with van der Waals surface area (Å²) in [7, 11) is -3.02. The molecule has 0 aliphatic carbocycles. The third-order valence-corrected chi connectivity index (χ3v) is 5.08. The lowest BCUT2D eigenvalue weighted by Crippen LogP contribution is -2.47. The summed E-state index contributed by atoms with van der Waals surface area (Å²) in [6.45, 7) is 5.56. The fourth-order valence-corrected chi connectivity index (χ4v) is 3.53. The zero-order valence-corrected chi connectivity index (χ0v) is 11.7. The van der Waals surface area contributed by atoms with Gasteiger partial charge in [0.2, 0.25) is 10.0 Å². The van der Waals surface area contributed by atoms with Crippen LogP contribution in [0.1, 0.15) is 10.7 Å². The molecule has 2 heterocycles. The van der Waals surface area contributed by atoms with Crippen LogP contribution in [-0.4, -0.2) is 55.0 Å². The summed E-state index contributed by atoms with van der Waals surface area (Å²) in [4.78, 5) is 6.67. The Hall–Kier alpha value is -0.500. The highest BCUT2D eigenvalue weighted by Crippen LogP contribution is 2.14. The molecule has 1 saturated heterocycles. The second-order valence-corrected chi connectivity index (χ2v) is 7.25. The number of piperazine rings is 1.